The zero-order valence-electron chi connectivity index (χ0n) is 21.9. The third kappa shape index (κ3) is 5.19. The Balaban J connectivity index is 1.83. The first-order valence-corrected chi connectivity index (χ1v) is 13.9. The zero-order chi connectivity index (χ0) is 27.4. The molecule has 0 amide bonds. The van der Waals surface area contributed by atoms with Gasteiger partial charge in [0, 0.05) is 18.8 Å². The van der Waals surface area contributed by atoms with E-state index in [-0.39, 0.29) is 4.90 Å². The molecule has 2 aromatic heterocycles. The Bertz CT molecular complexity index is 1600. The van der Waals surface area contributed by atoms with Crippen molar-refractivity contribution in [1.82, 2.24) is 14.5 Å². The maximum absolute atomic E-state index is 13.7. The van der Waals surface area contributed by atoms with Gasteiger partial charge < -0.3 is 9.84 Å². The Morgan fingerprint density at radius 3 is 2.34 bits per heavy atom. The van der Waals surface area contributed by atoms with E-state index in [4.69, 9.17) is 4.74 Å². The second-order valence-corrected chi connectivity index (χ2v) is 11.0. The third-order valence-electron chi connectivity index (χ3n) is 6.64. The number of pyridine rings is 1. The van der Waals surface area contributed by atoms with Gasteiger partial charge in [0.15, 0.2) is 4.90 Å². The van der Waals surface area contributed by atoms with Crippen molar-refractivity contribution in [2.24, 2.45) is 0 Å². The van der Waals surface area contributed by atoms with E-state index >= 15 is 0 Å². The highest BCUT2D eigenvalue weighted by Gasteiger charge is 2.31. The number of sulfone groups is 1. The highest BCUT2D eigenvalue weighted by molar-refractivity contribution is 7.91. The molecule has 0 fully saturated rings. The van der Waals surface area contributed by atoms with Crippen molar-refractivity contribution in [3.63, 3.8) is 0 Å². The maximum atomic E-state index is 13.7. The number of methoxy groups -OCH3 is 1. The van der Waals surface area contributed by atoms with Gasteiger partial charge in [-0.05, 0) is 72.9 Å². The monoisotopic (exact) mass is 533 g/mol. The van der Waals surface area contributed by atoms with Crippen LogP contribution in [0.15, 0.2) is 81.6 Å². The molecule has 4 rings (SSSR count). The van der Waals surface area contributed by atoms with Crippen molar-refractivity contribution in [1.29, 1.82) is 0 Å². The number of unbranched alkanes of at least 4 members (excludes halogenated alkanes) is 1. The summed E-state index contributed by atoms with van der Waals surface area (Å²) < 4.78 is 34.0. The smallest absolute Gasteiger partial charge is 0.296 e. The molecule has 9 heteroatoms. The first kappa shape index (κ1) is 27.1. The quantitative estimate of drug-likeness (QED) is 0.318. The molecule has 0 aliphatic heterocycles. The zero-order valence-corrected chi connectivity index (χ0v) is 22.7. The summed E-state index contributed by atoms with van der Waals surface area (Å²) in [6, 6.07) is 14.8. The summed E-state index contributed by atoms with van der Waals surface area (Å²) in [5.41, 5.74) is 2.50. The number of hydrogen-bond acceptors (Lipinski definition) is 7. The molecule has 198 valence electrons. The molecule has 0 radical (unpaired) electrons. The molecule has 38 heavy (non-hydrogen) atoms. The van der Waals surface area contributed by atoms with Gasteiger partial charge in [0.05, 0.1) is 18.0 Å². The minimum Gasteiger partial charge on any atom is -0.497 e. The Hall–Kier alpha value is -3.98. The lowest BCUT2D eigenvalue weighted by molar-refractivity contribution is 0.368. The van der Waals surface area contributed by atoms with Crippen molar-refractivity contribution in [2.45, 2.75) is 55.9 Å². The molecule has 0 bridgehead atoms. The number of rotatable bonds is 9. The molecule has 0 saturated heterocycles. The van der Waals surface area contributed by atoms with Crippen LogP contribution in [0.5, 0.6) is 11.6 Å². The van der Waals surface area contributed by atoms with Gasteiger partial charge in [-0.3, -0.25) is 14.3 Å². The highest BCUT2D eigenvalue weighted by atomic mass is 32.2. The lowest BCUT2D eigenvalue weighted by atomic mass is 10.0. The predicted octanol–water partition coefficient (Wildman–Crippen LogP) is 5.11. The van der Waals surface area contributed by atoms with E-state index in [1.54, 1.807) is 43.8 Å². The van der Waals surface area contributed by atoms with Gasteiger partial charge in [0.2, 0.25) is 15.7 Å². The van der Waals surface area contributed by atoms with Crippen LogP contribution in [0.1, 0.15) is 49.7 Å². The molecule has 2 aromatic carbocycles. The lowest BCUT2D eigenvalue weighted by Crippen LogP contribution is -2.27. The van der Waals surface area contributed by atoms with Crippen LogP contribution in [0.25, 0.3) is 11.1 Å². The molecule has 0 saturated carbocycles. The van der Waals surface area contributed by atoms with E-state index < -0.39 is 32.2 Å². The molecular weight excluding hydrogens is 502 g/mol. The first-order valence-electron chi connectivity index (χ1n) is 12.4. The second kappa shape index (κ2) is 11.2. The molecule has 2 heterocycles. The summed E-state index contributed by atoms with van der Waals surface area (Å²) in [7, 11) is -2.80. The Morgan fingerprint density at radius 1 is 1.05 bits per heavy atom. The maximum Gasteiger partial charge on any atom is 0.296 e. The number of aromatic hydroxyl groups is 1. The molecule has 0 aliphatic rings. The van der Waals surface area contributed by atoms with Crippen molar-refractivity contribution >= 4 is 9.84 Å². The van der Waals surface area contributed by atoms with E-state index in [1.165, 1.54) is 16.7 Å². The Labute approximate surface area is 222 Å². The number of benzene rings is 2. The highest BCUT2D eigenvalue weighted by Crippen LogP contribution is 2.33. The summed E-state index contributed by atoms with van der Waals surface area (Å²) >= 11 is 0. The van der Waals surface area contributed by atoms with Gasteiger partial charge in [-0.15, -0.1) is 0 Å². The van der Waals surface area contributed by atoms with Crippen LogP contribution in [0.2, 0.25) is 0 Å². The fourth-order valence-electron chi connectivity index (χ4n) is 4.46. The van der Waals surface area contributed by atoms with Crippen LogP contribution in [-0.2, 0) is 16.3 Å². The summed E-state index contributed by atoms with van der Waals surface area (Å²) in [6.45, 7) is 5.75. The standard InChI is InChI=1S/C29H31N3O5S/c1-5-6-7-26-31-28(33)27(29(34)32(26)20(3)21-8-12-23(37-4)13-9-21)38(35,36)24-14-10-22(11-15-24)25-16-17-30-18-19(25)2/h8-18,20,34H,5-7H2,1-4H3/t20-/m1/s1. The normalized spacial score (nSPS) is 12.3. The van der Waals surface area contributed by atoms with Crippen LogP contribution >= 0.6 is 0 Å². The van der Waals surface area contributed by atoms with Gasteiger partial charge in [0.25, 0.3) is 5.56 Å². The summed E-state index contributed by atoms with van der Waals surface area (Å²) in [6.07, 6.45) is 5.39. The van der Waals surface area contributed by atoms with Crippen LogP contribution in [0.3, 0.4) is 0 Å². The Morgan fingerprint density at radius 2 is 1.74 bits per heavy atom. The van der Waals surface area contributed by atoms with Gasteiger partial charge in [-0.1, -0.05) is 37.6 Å². The summed E-state index contributed by atoms with van der Waals surface area (Å²) in [5.74, 6) is 0.386. The fraction of sp³-hybridized carbons (Fsp3) is 0.276. The number of hydrogen-bond donors (Lipinski definition) is 1. The van der Waals surface area contributed by atoms with Crippen LogP contribution in [0, 0.1) is 6.92 Å². The fourth-order valence-corrected chi connectivity index (χ4v) is 5.81. The minimum absolute atomic E-state index is 0.105. The lowest BCUT2D eigenvalue weighted by Gasteiger charge is -2.23. The largest absolute Gasteiger partial charge is 0.497 e. The van der Waals surface area contributed by atoms with Crippen molar-refractivity contribution in [3.05, 3.63) is 94.3 Å². The van der Waals surface area contributed by atoms with E-state index in [9.17, 15) is 18.3 Å². The molecule has 1 atom stereocenters. The number of aryl methyl sites for hydroxylation is 2. The van der Waals surface area contributed by atoms with E-state index in [1.807, 2.05) is 39.0 Å². The van der Waals surface area contributed by atoms with Crippen LogP contribution in [0.4, 0.5) is 0 Å². The molecular formula is C29H31N3O5S. The van der Waals surface area contributed by atoms with Gasteiger partial charge in [-0.2, -0.15) is 4.98 Å². The van der Waals surface area contributed by atoms with Crippen LogP contribution < -0.4 is 10.3 Å². The van der Waals surface area contributed by atoms with E-state index in [0.717, 1.165) is 35.1 Å². The molecule has 0 unspecified atom stereocenters. The summed E-state index contributed by atoms with van der Waals surface area (Å²) in [5, 5.41) is 11.4. The second-order valence-electron chi connectivity index (χ2n) is 9.13. The van der Waals surface area contributed by atoms with Crippen molar-refractivity contribution < 1.29 is 18.3 Å². The predicted molar refractivity (Wildman–Crippen MR) is 145 cm³/mol. The molecule has 8 nitrogen and oxygen atoms in total. The van der Waals surface area contributed by atoms with Crippen LogP contribution in [-0.4, -0.2) is 35.2 Å². The number of aromatic nitrogens is 3. The average Bonchev–Trinajstić information content (AvgIpc) is 2.91. The molecule has 0 spiro atoms. The first-order chi connectivity index (χ1) is 18.2. The van der Waals surface area contributed by atoms with Crippen molar-refractivity contribution in [2.75, 3.05) is 7.11 Å². The minimum atomic E-state index is -4.37. The van der Waals surface area contributed by atoms with Gasteiger partial charge in [-0.25, -0.2) is 8.42 Å². The Kier molecular flexibility index (Phi) is 7.97. The molecule has 4 aromatic rings. The van der Waals surface area contributed by atoms with Gasteiger partial charge >= 0.3 is 0 Å². The molecule has 0 aliphatic carbocycles. The van der Waals surface area contributed by atoms with Gasteiger partial charge in [0.1, 0.15) is 11.6 Å². The van der Waals surface area contributed by atoms with E-state index in [0.29, 0.717) is 18.0 Å². The van der Waals surface area contributed by atoms with E-state index in [2.05, 4.69) is 9.97 Å². The summed E-state index contributed by atoms with van der Waals surface area (Å²) in [4.78, 5) is 20.5. The number of ether oxygens (including phenoxy) is 1. The number of nitrogens with zero attached hydrogens (tertiary/aromatic N) is 3. The van der Waals surface area contributed by atoms with Crippen molar-refractivity contribution in [3.8, 4) is 22.8 Å². The molecule has 1 N–H and O–H groups in total. The average molecular weight is 534 g/mol. The third-order valence-corrected chi connectivity index (χ3v) is 8.43. The topological polar surface area (TPSA) is 111 Å². The SMILES string of the molecule is CCCCc1nc(=O)c(S(=O)(=O)c2ccc(-c3ccncc3C)cc2)c(O)n1[C@H](C)c1ccc(OC)cc1.